The summed E-state index contributed by atoms with van der Waals surface area (Å²) >= 11 is 0. The number of fused-ring (bicyclic) bond motifs is 3. The number of halogens is 1. The third-order valence-electron chi connectivity index (χ3n) is 9.18. The standard InChI is InChI=1S/C30H16FN2O.C17H20N.Ir/c31-26-10-5-17-33-28(26)25-9-4-8-23-24-16-15-22(18-32)27(30(24)34-29(23)25)21-13-11-20(12-14-21)19-6-2-1-3-7-19;1-13-8-6-7-9-15(13)16-11-10-14(12-18(16)5)17(2,3)4;/h1-8,10-17H;6-12H,1,5H2,2-4H3;/q2*-1;+3. The van der Waals surface area contributed by atoms with Crippen LogP contribution in [0.1, 0.15) is 37.5 Å². The van der Waals surface area contributed by atoms with E-state index >= 15 is 0 Å². The summed E-state index contributed by atoms with van der Waals surface area (Å²) < 4.78 is 22.8. The Hall–Kier alpha value is -5.99. The molecule has 4 nitrogen and oxygen atoms in total. The Labute approximate surface area is 323 Å². The molecule has 53 heavy (non-hydrogen) atoms. The molecule has 0 spiro atoms. The topological polar surface area (TPSA) is 53.7 Å². The van der Waals surface area contributed by atoms with Crippen LogP contribution in [0.15, 0.2) is 144 Å². The summed E-state index contributed by atoms with van der Waals surface area (Å²) in [4.78, 5) is 4.20. The van der Waals surface area contributed by atoms with Crippen LogP contribution in [-0.4, -0.2) is 4.98 Å². The van der Waals surface area contributed by atoms with Crippen LogP contribution in [0.2, 0.25) is 0 Å². The zero-order valence-electron chi connectivity index (χ0n) is 29.7. The van der Waals surface area contributed by atoms with Gasteiger partial charge in [-0.1, -0.05) is 111 Å². The monoisotopic (exact) mass is 870 g/mol. The molecule has 0 saturated carbocycles. The number of aromatic nitrogens is 2. The first-order chi connectivity index (χ1) is 25.1. The summed E-state index contributed by atoms with van der Waals surface area (Å²) in [6.45, 7) is 10.7. The molecule has 0 bridgehead atoms. The van der Waals surface area contributed by atoms with E-state index in [2.05, 4.69) is 88.4 Å². The van der Waals surface area contributed by atoms with Crippen LogP contribution in [0, 0.1) is 37.2 Å². The Kier molecular flexibility index (Phi) is 10.6. The first kappa shape index (κ1) is 36.8. The number of hydrogen-bond acceptors (Lipinski definition) is 3. The first-order valence-electron chi connectivity index (χ1n) is 17.0. The summed E-state index contributed by atoms with van der Waals surface area (Å²) in [6, 6.07) is 46.2. The van der Waals surface area contributed by atoms with Crippen LogP contribution < -0.4 is 4.57 Å². The average molecular weight is 870 g/mol. The molecule has 3 aromatic heterocycles. The average Bonchev–Trinajstić information content (AvgIpc) is 3.54. The molecule has 5 aromatic carbocycles. The Morgan fingerprint density at radius 3 is 2.13 bits per heavy atom. The van der Waals surface area contributed by atoms with Crippen molar-refractivity contribution in [2.75, 3.05) is 0 Å². The summed E-state index contributed by atoms with van der Waals surface area (Å²) in [5, 5.41) is 11.5. The number of nitriles is 1. The summed E-state index contributed by atoms with van der Waals surface area (Å²) in [5.74, 6) is -0.443. The van der Waals surface area contributed by atoms with E-state index in [4.69, 9.17) is 4.42 Å². The Balaban J connectivity index is 0.000000215. The van der Waals surface area contributed by atoms with Gasteiger partial charge in [0.2, 0.25) is 0 Å². The summed E-state index contributed by atoms with van der Waals surface area (Å²) in [7, 11) is 4.10. The molecule has 3 heterocycles. The predicted molar refractivity (Wildman–Crippen MR) is 207 cm³/mol. The van der Waals surface area contributed by atoms with E-state index in [9.17, 15) is 9.65 Å². The SMILES string of the molecule is N#Cc1ccc2c(oc3c(-c4ncccc4F)[c-]ccc32)c1-c1ccc(-c2ccccc2)cc1.[CH2-]c1ccccc1-c1ccc(C(C)(C)C)c[n+]1[CH2-].[Ir+3]. The molecule has 0 unspecified atom stereocenters. The molecule has 0 N–H and O–H groups in total. The van der Waals surface area contributed by atoms with Crippen LogP contribution in [0.5, 0.6) is 0 Å². The van der Waals surface area contributed by atoms with Gasteiger partial charge in [-0.3, -0.25) is 0 Å². The van der Waals surface area contributed by atoms with E-state index in [0.29, 0.717) is 27.9 Å². The van der Waals surface area contributed by atoms with Gasteiger partial charge in [-0.2, -0.15) is 23.8 Å². The van der Waals surface area contributed by atoms with E-state index in [1.165, 1.54) is 11.6 Å². The molecule has 0 aliphatic carbocycles. The molecule has 8 aromatic rings. The van der Waals surface area contributed by atoms with Crippen molar-refractivity contribution in [1.29, 1.82) is 5.26 Å². The van der Waals surface area contributed by atoms with Gasteiger partial charge in [-0.25, -0.2) is 4.39 Å². The minimum atomic E-state index is -0.443. The van der Waals surface area contributed by atoms with Crippen LogP contribution in [0.3, 0.4) is 0 Å². The predicted octanol–water partition coefficient (Wildman–Crippen LogP) is 11.6. The summed E-state index contributed by atoms with van der Waals surface area (Å²) in [5.41, 5.74) is 10.7. The fraction of sp³-hybridized carbons (Fsp3) is 0.0851. The zero-order valence-corrected chi connectivity index (χ0v) is 32.0. The van der Waals surface area contributed by atoms with E-state index in [1.807, 2.05) is 77.4 Å². The third kappa shape index (κ3) is 7.36. The van der Waals surface area contributed by atoms with Crippen molar-refractivity contribution in [3.05, 3.63) is 182 Å². The van der Waals surface area contributed by atoms with E-state index in [1.54, 1.807) is 24.4 Å². The number of hydrogen-bond donors (Lipinski definition) is 0. The van der Waals surface area contributed by atoms with Crippen LogP contribution in [-0.2, 0) is 25.5 Å². The Morgan fingerprint density at radius 2 is 1.45 bits per heavy atom. The van der Waals surface area contributed by atoms with Crippen molar-refractivity contribution in [3.8, 4) is 50.8 Å². The molecule has 0 fully saturated rings. The number of benzene rings is 5. The van der Waals surface area contributed by atoms with Gasteiger partial charge in [0.15, 0.2) is 0 Å². The second-order valence-electron chi connectivity index (χ2n) is 13.6. The van der Waals surface area contributed by atoms with Crippen molar-refractivity contribution in [2.45, 2.75) is 26.2 Å². The second kappa shape index (κ2) is 15.3. The van der Waals surface area contributed by atoms with E-state index in [0.717, 1.165) is 44.3 Å². The maximum atomic E-state index is 14.5. The van der Waals surface area contributed by atoms with Crippen molar-refractivity contribution >= 4 is 21.9 Å². The van der Waals surface area contributed by atoms with Gasteiger partial charge < -0.3 is 14.0 Å². The van der Waals surface area contributed by atoms with Gasteiger partial charge >= 0.3 is 20.1 Å². The molecule has 0 aliphatic heterocycles. The summed E-state index contributed by atoms with van der Waals surface area (Å²) in [6.07, 6.45) is 3.64. The van der Waals surface area contributed by atoms with Crippen LogP contribution in [0.25, 0.3) is 66.7 Å². The Bertz CT molecular complexity index is 2600. The van der Waals surface area contributed by atoms with E-state index < -0.39 is 5.82 Å². The largest absolute Gasteiger partial charge is 3.00 e. The van der Waals surface area contributed by atoms with Crippen LogP contribution in [0.4, 0.5) is 4.39 Å². The molecule has 0 radical (unpaired) electrons. The zero-order chi connectivity index (χ0) is 36.4. The fourth-order valence-electron chi connectivity index (χ4n) is 6.39. The van der Waals surface area contributed by atoms with Crippen molar-refractivity contribution in [3.63, 3.8) is 0 Å². The maximum absolute atomic E-state index is 14.5. The van der Waals surface area contributed by atoms with Crippen molar-refractivity contribution in [1.82, 2.24) is 4.98 Å². The van der Waals surface area contributed by atoms with Gasteiger partial charge in [-0.15, -0.1) is 35.9 Å². The second-order valence-corrected chi connectivity index (χ2v) is 13.6. The van der Waals surface area contributed by atoms with Gasteiger partial charge in [0, 0.05) is 29.9 Å². The normalized spacial score (nSPS) is 11.0. The molecular formula is C47H36FIrN3O+. The van der Waals surface area contributed by atoms with Crippen LogP contribution >= 0.6 is 0 Å². The minimum absolute atomic E-state index is 0. The molecule has 8 rings (SSSR count). The van der Waals surface area contributed by atoms with E-state index in [-0.39, 0.29) is 31.2 Å². The molecular weight excluding hydrogens is 834 g/mol. The quantitative estimate of drug-likeness (QED) is 0.131. The molecule has 0 amide bonds. The smallest absolute Gasteiger partial charge is 0.500 e. The van der Waals surface area contributed by atoms with Gasteiger partial charge in [0.1, 0.15) is 11.4 Å². The number of furan rings is 1. The molecule has 0 saturated heterocycles. The first-order valence-corrected chi connectivity index (χ1v) is 17.0. The number of rotatable bonds is 4. The number of pyridine rings is 2. The molecule has 260 valence electrons. The third-order valence-corrected chi connectivity index (χ3v) is 9.18. The van der Waals surface area contributed by atoms with Crippen molar-refractivity contribution < 1.29 is 33.5 Å². The van der Waals surface area contributed by atoms with Gasteiger partial charge in [0.05, 0.1) is 29.1 Å². The van der Waals surface area contributed by atoms with Crippen molar-refractivity contribution in [2.24, 2.45) is 0 Å². The molecule has 6 heteroatoms. The minimum Gasteiger partial charge on any atom is -0.500 e. The fourth-order valence-corrected chi connectivity index (χ4v) is 6.39. The molecule has 0 aliphatic rings. The molecule has 0 atom stereocenters. The number of nitrogens with zero attached hydrogens (tertiary/aromatic N) is 3. The Morgan fingerprint density at radius 1 is 0.774 bits per heavy atom. The van der Waals surface area contributed by atoms with Gasteiger partial charge in [0.25, 0.3) is 0 Å². The van der Waals surface area contributed by atoms with Gasteiger partial charge in [-0.05, 0) is 45.9 Å². The maximum Gasteiger partial charge on any atom is 3.00 e.